The van der Waals surface area contributed by atoms with Gasteiger partial charge in [-0.05, 0) is 25.7 Å². The van der Waals surface area contributed by atoms with Crippen molar-refractivity contribution in [2.45, 2.75) is 19.8 Å². The number of ether oxygens (including phenoxy) is 1. The van der Waals surface area contributed by atoms with Crippen LogP contribution in [0.5, 0.6) is 5.88 Å². The van der Waals surface area contributed by atoms with Crippen molar-refractivity contribution in [3.05, 3.63) is 11.9 Å². The molecule has 0 spiro atoms. The highest BCUT2D eigenvalue weighted by Crippen LogP contribution is 2.29. The fourth-order valence-corrected chi connectivity index (χ4v) is 1.38. The third-order valence-corrected chi connectivity index (χ3v) is 2.49. The van der Waals surface area contributed by atoms with Crippen LogP contribution in [0.2, 0.25) is 0 Å². The van der Waals surface area contributed by atoms with E-state index >= 15 is 0 Å². The molecule has 1 fully saturated rings. The van der Waals surface area contributed by atoms with Crippen molar-refractivity contribution in [2.24, 2.45) is 5.92 Å². The topological polar surface area (TPSA) is 47.0 Å². The lowest BCUT2D eigenvalue weighted by Gasteiger charge is -2.09. The molecular formula is C10H15N3O. The first-order chi connectivity index (χ1) is 6.81. The molecule has 1 N–H and O–H groups in total. The molecule has 0 amide bonds. The molecule has 1 heterocycles. The van der Waals surface area contributed by atoms with Crippen LogP contribution in [0.25, 0.3) is 0 Å². The molecule has 0 saturated heterocycles. The zero-order valence-electron chi connectivity index (χ0n) is 8.58. The molecular weight excluding hydrogens is 178 g/mol. The van der Waals surface area contributed by atoms with E-state index in [9.17, 15) is 0 Å². The second-order valence-electron chi connectivity index (χ2n) is 3.68. The number of aromatic nitrogens is 2. The van der Waals surface area contributed by atoms with Gasteiger partial charge in [-0.25, -0.2) is 9.97 Å². The fourth-order valence-electron chi connectivity index (χ4n) is 1.38. The molecule has 1 saturated carbocycles. The van der Waals surface area contributed by atoms with Gasteiger partial charge in [0.05, 0.1) is 12.7 Å². The van der Waals surface area contributed by atoms with Crippen LogP contribution in [0.1, 0.15) is 18.4 Å². The first-order valence-electron chi connectivity index (χ1n) is 4.90. The van der Waals surface area contributed by atoms with Gasteiger partial charge in [0.25, 0.3) is 0 Å². The summed E-state index contributed by atoms with van der Waals surface area (Å²) in [7, 11) is 1.63. The lowest BCUT2D eigenvalue weighted by Crippen LogP contribution is -2.07. The molecule has 4 nitrogen and oxygen atoms in total. The Bertz CT molecular complexity index is 323. The number of anilines is 1. The second-order valence-corrected chi connectivity index (χ2v) is 3.68. The Morgan fingerprint density at radius 3 is 2.93 bits per heavy atom. The lowest BCUT2D eigenvalue weighted by atomic mass is 10.3. The van der Waals surface area contributed by atoms with Gasteiger partial charge in [-0.2, -0.15) is 0 Å². The van der Waals surface area contributed by atoms with E-state index in [2.05, 4.69) is 15.3 Å². The van der Waals surface area contributed by atoms with E-state index in [0.717, 1.165) is 23.8 Å². The number of methoxy groups -OCH3 is 1. The van der Waals surface area contributed by atoms with Crippen molar-refractivity contribution in [1.82, 2.24) is 9.97 Å². The molecule has 0 unspecified atom stereocenters. The Morgan fingerprint density at radius 2 is 2.29 bits per heavy atom. The van der Waals surface area contributed by atoms with Crippen molar-refractivity contribution < 1.29 is 4.74 Å². The maximum absolute atomic E-state index is 5.12. The van der Waals surface area contributed by atoms with Crippen molar-refractivity contribution >= 4 is 5.82 Å². The molecule has 0 aliphatic heterocycles. The van der Waals surface area contributed by atoms with E-state index in [0.29, 0.717) is 5.88 Å². The van der Waals surface area contributed by atoms with Crippen LogP contribution in [0.4, 0.5) is 5.82 Å². The van der Waals surface area contributed by atoms with Crippen molar-refractivity contribution in [2.75, 3.05) is 19.0 Å². The number of hydrogen-bond donors (Lipinski definition) is 1. The summed E-state index contributed by atoms with van der Waals surface area (Å²) in [6.07, 6.45) is 4.21. The summed E-state index contributed by atoms with van der Waals surface area (Å²) >= 11 is 0. The van der Waals surface area contributed by atoms with Crippen LogP contribution in [0.3, 0.4) is 0 Å². The van der Waals surface area contributed by atoms with Gasteiger partial charge in [-0.15, -0.1) is 0 Å². The third kappa shape index (κ3) is 1.95. The van der Waals surface area contributed by atoms with Gasteiger partial charge in [0, 0.05) is 6.54 Å². The van der Waals surface area contributed by atoms with Gasteiger partial charge in [-0.1, -0.05) is 0 Å². The average molecular weight is 193 g/mol. The van der Waals surface area contributed by atoms with Crippen LogP contribution in [0.15, 0.2) is 6.33 Å². The molecule has 1 aliphatic carbocycles. The van der Waals surface area contributed by atoms with Crippen molar-refractivity contribution in [3.8, 4) is 5.88 Å². The third-order valence-electron chi connectivity index (χ3n) is 2.49. The molecule has 1 aromatic heterocycles. The van der Waals surface area contributed by atoms with Crippen LogP contribution in [-0.4, -0.2) is 23.6 Å². The normalized spacial score (nSPS) is 15.3. The van der Waals surface area contributed by atoms with E-state index in [1.54, 1.807) is 7.11 Å². The Kier molecular flexibility index (Phi) is 2.52. The van der Waals surface area contributed by atoms with Gasteiger partial charge in [-0.3, -0.25) is 0 Å². The molecule has 0 aromatic carbocycles. The molecule has 76 valence electrons. The van der Waals surface area contributed by atoms with E-state index in [-0.39, 0.29) is 0 Å². The van der Waals surface area contributed by atoms with Gasteiger partial charge in [0.2, 0.25) is 5.88 Å². The summed E-state index contributed by atoms with van der Waals surface area (Å²) < 4.78 is 5.12. The quantitative estimate of drug-likeness (QED) is 0.789. The van der Waals surface area contributed by atoms with Crippen LogP contribution in [0, 0.1) is 12.8 Å². The average Bonchev–Trinajstić information content (AvgIpc) is 3.00. The summed E-state index contributed by atoms with van der Waals surface area (Å²) in [5.74, 6) is 2.39. The molecule has 14 heavy (non-hydrogen) atoms. The minimum Gasteiger partial charge on any atom is -0.481 e. The molecule has 0 atom stereocenters. The van der Waals surface area contributed by atoms with E-state index < -0.39 is 0 Å². The first kappa shape index (κ1) is 9.24. The van der Waals surface area contributed by atoms with Crippen molar-refractivity contribution in [1.29, 1.82) is 0 Å². The summed E-state index contributed by atoms with van der Waals surface area (Å²) in [6.45, 7) is 2.98. The number of nitrogens with zero attached hydrogens (tertiary/aromatic N) is 2. The number of hydrogen-bond acceptors (Lipinski definition) is 4. The van der Waals surface area contributed by atoms with Crippen LogP contribution in [-0.2, 0) is 0 Å². The highest BCUT2D eigenvalue weighted by Gasteiger charge is 2.21. The number of nitrogens with one attached hydrogen (secondary N) is 1. The molecule has 1 aromatic rings. The Hall–Kier alpha value is -1.32. The zero-order chi connectivity index (χ0) is 9.97. The number of rotatable bonds is 4. The van der Waals surface area contributed by atoms with Crippen molar-refractivity contribution in [3.63, 3.8) is 0 Å². The SMILES string of the molecule is COc1ncnc(NCC2CC2)c1C. The smallest absolute Gasteiger partial charge is 0.221 e. The monoisotopic (exact) mass is 193 g/mol. The van der Waals surface area contributed by atoms with Gasteiger partial charge in [0.15, 0.2) is 0 Å². The van der Waals surface area contributed by atoms with E-state index in [1.807, 2.05) is 6.92 Å². The molecule has 0 bridgehead atoms. The Labute approximate surface area is 83.7 Å². The Balaban J connectivity index is 2.06. The lowest BCUT2D eigenvalue weighted by molar-refractivity contribution is 0.393. The summed E-state index contributed by atoms with van der Waals surface area (Å²) in [5, 5.41) is 3.32. The summed E-state index contributed by atoms with van der Waals surface area (Å²) in [5.41, 5.74) is 0.982. The molecule has 2 rings (SSSR count). The van der Waals surface area contributed by atoms with Crippen LogP contribution < -0.4 is 10.1 Å². The first-order valence-corrected chi connectivity index (χ1v) is 4.90. The minimum atomic E-state index is 0.651. The van der Waals surface area contributed by atoms with Gasteiger partial charge < -0.3 is 10.1 Å². The second kappa shape index (κ2) is 3.82. The maximum atomic E-state index is 5.12. The molecule has 0 radical (unpaired) electrons. The summed E-state index contributed by atoms with van der Waals surface area (Å²) in [6, 6.07) is 0. The maximum Gasteiger partial charge on any atom is 0.221 e. The van der Waals surface area contributed by atoms with Crippen LogP contribution >= 0.6 is 0 Å². The predicted octanol–water partition coefficient (Wildman–Crippen LogP) is 1.62. The summed E-state index contributed by atoms with van der Waals surface area (Å²) in [4.78, 5) is 8.21. The standard InChI is InChI=1S/C10H15N3O/c1-7-9(11-5-8-3-4-8)12-6-13-10(7)14-2/h6,8H,3-5H2,1-2H3,(H,11,12,13). The predicted molar refractivity (Wildman–Crippen MR) is 54.5 cm³/mol. The zero-order valence-corrected chi connectivity index (χ0v) is 8.58. The van der Waals surface area contributed by atoms with Gasteiger partial charge >= 0.3 is 0 Å². The molecule has 4 heteroatoms. The van der Waals surface area contributed by atoms with E-state index in [4.69, 9.17) is 4.74 Å². The van der Waals surface area contributed by atoms with E-state index in [1.165, 1.54) is 19.2 Å². The highest BCUT2D eigenvalue weighted by atomic mass is 16.5. The minimum absolute atomic E-state index is 0.651. The fraction of sp³-hybridized carbons (Fsp3) is 0.600. The highest BCUT2D eigenvalue weighted by molar-refractivity contribution is 5.47. The van der Waals surface area contributed by atoms with Gasteiger partial charge in [0.1, 0.15) is 12.1 Å². The molecule has 1 aliphatic rings. The Morgan fingerprint density at radius 1 is 1.50 bits per heavy atom. The largest absolute Gasteiger partial charge is 0.481 e.